The molecule has 0 radical (unpaired) electrons. The fraction of sp³-hybridized carbons (Fsp3) is 0.318. The predicted molar refractivity (Wildman–Crippen MR) is 125 cm³/mol. The van der Waals surface area contributed by atoms with Gasteiger partial charge in [-0.2, -0.15) is 19.3 Å². The Hall–Kier alpha value is -3.35. The van der Waals surface area contributed by atoms with Crippen molar-refractivity contribution in [2.24, 2.45) is 0 Å². The predicted octanol–water partition coefficient (Wildman–Crippen LogP) is 1.92. The van der Waals surface area contributed by atoms with E-state index in [2.05, 4.69) is 25.2 Å². The third kappa shape index (κ3) is 4.65. The molecule has 5 rings (SSSR count). The summed E-state index contributed by atoms with van der Waals surface area (Å²) in [5.41, 5.74) is 8.40. The maximum atomic E-state index is 13.2. The summed E-state index contributed by atoms with van der Waals surface area (Å²) >= 11 is 0. The van der Waals surface area contributed by atoms with Crippen molar-refractivity contribution in [3.63, 3.8) is 0 Å². The van der Waals surface area contributed by atoms with Crippen LogP contribution in [0.1, 0.15) is 11.4 Å². The lowest BCUT2D eigenvalue weighted by Crippen LogP contribution is -2.40. The third-order valence-corrected chi connectivity index (χ3v) is 7.68. The lowest BCUT2D eigenvalue weighted by molar-refractivity contribution is 0.0730. The second kappa shape index (κ2) is 9.12. The standard InChI is InChI=1S/C22H24FN7O3S/c23-16-1-3-17(4-2-16)25-22-27-20(26-21(24)28-22)14-29-8-7-15-13-18(5-6-19(15)29)34(31,32)30-9-11-33-12-10-30/h1-6,13H,7-12,14H2,(H3,24,25,26,27,28). The van der Waals surface area contributed by atoms with E-state index in [1.807, 2.05) is 6.07 Å². The molecule has 0 bridgehead atoms. The normalized spacial score (nSPS) is 16.4. The van der Waals surface area contributed by atoms with Crippen LogP contribution in [0.25, 0.3) is 0 Å². The Kier molecular flexibility index (Phi) is 6.02. The van der Waals surface area contributed by atoms with E-state index < -0.39 is 10.0 Å². The van der Waals surface area contributed by atoms with Crippen LogP contribution in [0, 0.1) is 5.82 Å². The maximum absolute atomic E-state index is 13.2. The van der Waals surface area contributed by atoms with Gasteiger partial charge in [-0.25, -0.2) is 12.8 Å². The Morgan fingerprint density at radius 3 is 2.56 bits per heavy atom. The number of hydrogen-bond donors (Lipinski definition) is 2. The molecule has 1 saturated heterocycles. The molecule has 2 aliphatic heterocycles. The molecule has 1 aromatic heterocycles. The van der Waals surface area contributed by atoms with Crippen molar-refractivity contribution < 1.29 is 17.5 Å². The summed E-state index contributed by atoms with van der Waals surface area (Å²) in [5.74, 6) is 0.464. The quantitative estimate of drug-likeness (QED) is 0.538. The van der Waals surface area contributed by atoms with Crippen LogP contribution in [0.5, 0.6) is 0 Å². The first-order valence-electron chi connectivity index (χ1n) is 10.9. The number of aromatic nitrogens is 3. The Labute approximate surface area is 196 Å². The van der Waals surface area contributed by atoms with Gasteiger partial charge in [0.05, 0.1) is 24.7 Å². The number of nitrogens with zero attached hydrogens (tertiary/aromatic N) is 5. The second-order valence-corrected chi connectivity index (χ2v) is 9.98. The molecule has 0 saturated carbocycles. The average Bonchev–Trinajstić information content (AvgIpc) is 3.23. The Bertz CT molecular complexity index is 1300. The van der Waals surface area contributed by atoms with E-state index in [1.165, 1.54) is 16.4 Å². The molecule has 3 N–H and O–H groups in total. The van der Waals surface area contributed by atoms with Gasteiger partial charge in [0.25, 0.3) is 0 Å². The molecule has 3 aromatic rings. The fourth-order valence-corrected chi connectivity index (χ4v) is 5.56. The molecule has 2 aliphatic rings. The van der Waals surface area contributed by atoms with Crippen molar-refractivity contribution in [1.82, 2.24) is 19.3 Å². The lowest BCUT2D eigenvalue weighted by Gasteiger charge is -2.26. The minimum absolute atomic E-state index is 0.0704. The summed E-state index contributed by atoms with van der Waals surface area (Å²) < 4.78 is 45.9. The molecule has 178 valence electrons. The van der Waals surface area contributed by atoms with E-state index in [4.69, 9.17) is 10.5 Å². The van der Waals surface area contributed by atoms with Crippen LogP contribution in [0.2, 0.25) is 0 Å². The number of fused-ring (bicyclic) bond motifs is 1. The molecule has 0 spiro atoms. The highest BCUT2D eigenvalue weighted by atomic mass is 32.2. The number of halogens is 1. The number of hydrogen-bond acceptors (Lipinski definition) is 9. The minimum Gasteiger partial charge on any atom is -0.379 e. The van der Waals surface area contributed by atoms with Crippen LogP contribution in [-0.2, 0) is 27.7 Å². The molecule has 0 aliphatic carbocycles. The highest BCUT2D eigenvalue weighted by Crippen LogP contribution is 2.32. The zero-order valence-electron chi connectivity index (χ0n) is 18.3. The van der Waals surface area contributed by atoms with Crippen molar-refractivity contribution in [3.05, 3.63) is 59.7 Å². The van der Waals surface area contributed by atoms with Gasteiger partial charge in [-0.15, -0.1) is 0 Å². The van der Waals surface area contributed by atoms with Gasteiger partial charge in [-0.05, 0) is 54.4 Å². The summed E-state index contributed by atoms with van der Waals surface area (Å²) in [4.78, 5) is 15.2. The maximum Gasteiger partial charge on any atom is 0.243 e. The number of nitrogen functional groups attached to an aromatic ring is 1. The van der Waals surface area contributed by atoms with Gasteiger partial charge < -0.3 is 20.7 Å². The molecule has 2 aromatic carbocycles. The summed E-state index contributed by atoms with van der Waals surface area (Å²) in [6, 6.07) is 11.1. The first-order chi connectivity index (χ1) is 16.4. The molecule has 10 nitrogen and oxygen atoms in total. The monoisotopic (exact) mass is 485 g/mol. The van der Waals surface area contributed by atoms with E-state index in [-0.39, 0.29) is 17.7 Å². The van der Waals surface area contributed by atoms with Crippen LogP contribution in [0.15, 0.2) is 47.4 Å². The summed E-state index contributed by atoms with van der Waals surface area (Å²) in [5, 5.41) is 3.00. The van der Waals surface area contributed by atoms with Crippen LogP contribution in [0.3, 0.4) is 0 Å². The van der Waals surface area contributed by atoms with Gasteiger partial charge in [0, 0.05) is 31.0 Å². The smallest absolute Gasteiger partial charge is 0.243 e. The highest BCUT2D eigenvalue weighted by Gasteiger charge is 2.29. The molecule has 3 heterocycles. The van der Waals surface area contributed by atoms with Crippen LogP contribution in [-0.4, -0.2) is 60.5 Å². The lowest BCUT2D eigenvalue weighted by atomic mass is 10.2. The van der Waals surface area contributed by atoms with Gasteiger partial charge >= 0.3 is 0 Å². The number of benzene rings is 2. The molecule has 34 heavy (non-hydrogen) atoms. The molecule has 0 amide bonds. The first-order valence-corrected chi connectivity index (χ1v) is 12.3. The zero-order chi connectivity index (χ0) is 23.7. The minimum atomic E-state index is -3.55. The molecule has 0 atom stereocenters. The largest absolute Gasteiger partial charge is 0.379 e. The van der Waals surface area contributed by atoms with E-state index in [1.54, 1.807) is 24.3 Å². The molecule has 12 heteroatoms. The number of rotatable bonds is 6. The third-order valence-electron chi connectivity index (χ3n) is 5.78. The van der Waals surface area contributed by atoms with E-state index in [0.717, 1.165) is 11.3 Å². The first kappa shape index (κ1) is 22.4. The number of ether oxygens (including phenoxy) is 1. The zero-order valence-corrected chi connectivity index (χ0v) is 19.1. The number of sulfonamides is 1. The summed E-state index contributed by atoms with van der Waals surface area (Å²) in [7, 11) is -3.55. The number of morpholine rings is 1. The van der Waals surface area contributed by atoms with Gasteiger partial charge in [0.1, 0.15) is 5.82 Å². The highest BCUT2D eigenvalue weighted by molar-refractivity contribution is 7.89. The van der Waals surface area contributed by atoms with Gasteiger partial charge in [-0.1, -0.05) is 0 Å². The van der Waals surface area contributed by atoms with E-state index in [9.17, 15) is 12.8 Å². The Morgan fingerprint density at radius 1 is 1.03 bits per heavy atom. The van der Waals surface area contributed by atoms with Crippen molar-refractivity contribution in [3.8, 4) is 0 Å². The molecule has 0 unspecified atom stereocenters. The summed E-state index contributed by atoms with van der Waals surface area (Å²) in [6.45, 7) is 2.62. The van der Waals surface area contributed by atoms with Gasteiger partial charge in [0.2, 0.25) is 21.9 Å². The second-order valence-electron chi connectivity index (χ2n) is 8.04. The molecule has 1 fully saturated rings. The number of anilines is 4. The topological polar surface area (TPSA) is 127 Å². The van der Waals surface area contributed by atoms with Crippen LogP contribution < -0.4 is 16.0 Å². The van der Waals surface area contributed by atoms with Gasteiger partial charge in [-0.3, -0.25) is 0 Å². The Morgan fingerprint density at radius 2 is 1.79 bits per heavy atom. The number of nitrogens with two attached hydrogens (primary N) is 1. The van der Waals surface area contributed by atoms with Crippen LogP contribution >= 0.6 is 0 Å². The molecular formula is C22H24FN7O3S. The van der Waals surface area contributed by atoms with Crippen molar-refractivity contribution in [2.45, 2.75) is 17.9 Å². The Balaban J connectivity index is 1.33. The van der Waals surface area contributed by atoms with Gasteiger partial charge in [0.15, 0.2) is 5.82 Å². The van der Waals surface area contributed by atoms with Crippen molar-refractivity contribution in [2.75, 3.05) is 48.8 Å². The SMILES string of the molecule is Nc1nc(CN2CCc3cc(S(=O)(=O)N4CCOCC4)ccc32)nc(Nc2ccc(F)cc2)n1. The number of nitrogens with one attached hydrogen (secondary N) is 1. The summed E-state index contributed by atoms with van der Waals surface area (Å²) in [6.07, 6.45) is 0.711. The fourth-order valence-electron chi connectivity index (χ4n) is 4.10. The van der Waals surface area contributed by atoms with Crippen molar-refractivity contribution >= 4 is 33.3 Å². The van der Waals surface area contributed by atoms with Crippen molar-refractivity contribution in [1.29, 1.82) is 0 Å². The molecular weight excluding hydrogens is 461 g/mol. The van der Waals surface area contributed by atoms with E-state index in [0.29, 0.717) is 62.2 Å². The average molecular weight is 486 g/mol. The van der Waals surface area contributed by atoms with E-state index >= 15 is 0 Å². The van der Waals surface area contributed by atoms with Crippen LogP contribution in [0.4, 0.5) is 27.7 Å².